The molecule has 2 aliphatic carbocycles. The van der Waals surface area contributed by atoms with E-state index in [1.165, 1.54) is 0 Å². The molecular formula is C15H16ClFN4. The molecule has 0 spiro atoms. The van der Waals surface area contributed by atoms with Gasteiger partial charge in [0.2, 0.25) is 0 Å². The summed E-state index contributed by atoms with van der Waals surface area (Å²) in [5, 5.41) is 8.66. The molecule has 0 aliphatic heterocycles. The van der Waals surface area contributed by atoms with E-state index >= 15 is 0 Å². The highest BCUT2D eigenvalue weighted by Crippen LogP contribution is 2.51. The number of hydrogen-bond acceptors (Lipinski definition) is 3. The summed E-state index contributed by atoms with van der Waals surface area (Å²) in [6.45, 7) is 0. The molecule has 0 unspecified atom stereocenters. The van der Waals surface area contributed by atoms with Crippen LogP contribution in [0.4, 0.5) is 4.39 Å². The van der Waals surface area contributed by atoms with Crippen molar-refractivity contribution in [2.75, 3.05) is 0 Å². The van der Waals surface area contributed by atoms with Crippen molar-refractivity contribution in [1.82, 2.24) is 19.7 Å². The third-order valence-electron chi connectivity index (χ3n) is 4.64. The number of nitrogens with zero attached hydrogens (tertiary/aromatic N) is 4. The molecule has 0 N–H and O–H groups in total. The van der Waals surface area contributed by atoms with E-state index in [0.29, 0.717) is 23.9 Å². The fraction of sp³-hybridized carbons (Fsp3) is 0.533. The van der Waals surface area contributed by atoms with E-state index in [4.69, 9.17) is 11.6 Å². The second-order valence-corrected chi connectivity index (χ2v) is 6.62. The van der Waals surface area contributed by atoms with Crippen LogP contribution in [0.1, 0.15) is 48.7 Å². The van der Waals surface area contributed by atoms with Crippen molar-refractivity contribution in [3.63, 3.8) is 0 Å². The molecule has 2 heterocycles. The number of rotatable bonds is 3. The summed E-state index contributed by atoms with van der Waals surface area (Å²) in [7, 11) is 1.90. The molecule has 2 fully saturated rings. The van der Waals surface area contributed by atoms with Gasteiger partial charge in [-0.3, -0.25) is 0 Å². The number of alkyl halides is 1. The summed E-state index contributed by atoms with van der Waals surface area (Å²) in [5.74, 6) is 1.32. The maximum atomic E-state index is 13.7. The Bertz CT molecular complexity index is 689. The molecule has 2 aromatic heterocycles. The molecule has 2 aromatic rings. The van der Waals surface area contributed by atoms with Crippen molar-refractivity contribution in [2.45, 2.75) is 43.2 Å². The van der Waals surface area contributed by atoms with E-state index < -0.39 is 11.6 Å². The van der Waals surface area contributed by atoms with Crippen molar-refractivity contribution in [2.24, 2.45) is 7.05 Å². The second kappa shape index (κ2) is 4.50. The molecule has 4 nitrogen and oxygen atoms in total. The number of halogens is 2. The SMILES string of the molecule is Cn1cnnc1C1(c2cc(Cl)nc(C3CC3)c2)CC(F)C1. The van der Waals surface area contributed by atoms with Gasteiger partial charge < -0.3 is 4.57 Å². The zero-order valence-electron chi connectivity index (χ0n) is 11.8. The Morgan fingerprint density at radius 3 is 2.67 bits per heavy atom. The largest absolute Gasteiger partial charge is 0.320 e. The van der Waals surface area contributed by atoms with Gasteiger partial charge in [-0.05, 0) is 43.4 Å². The first-order chi connectivity index (χ1) is 10.1. The van der Waals surface area contributed by atoms with E-state index in [0.717, 1.165) is 29.9 Å². The molecule has 4 rings (SSSR count). The highest BCUT2D eigenvalue weighted by molar-refractivity contribution is 6.29. The molecule has 21 heavy (non-hydrogen) atoms. The molecule has 2 aliphatic rings. The smallest absolute Gasteiger partial charge is 0.143 e. The summed E-state index contributed by atoms with van der Waals surface area (Å²) in [5.41, 5.74) is 1.64. The number of aromatic nitrogens is 4. The Morgan fingerprint density at radius 2 is 2.10 bits per heavy atom. The van der Waals surface area contributed by atoms with Gasteiger partial charge in [-0.1, -0.05) is 11.6 Å². The lowest BCUT2D eigenvalue weighted by atomic mass is 9.62. The summed E-state index contributed by atoms with van der Waals surface area (Å²) in [6, 6.07) is 3.94. The third kappa shape index (κ3) is 2.06. The Hall–Kier alpha value is -1.49. The van der Waals surface area contributed by atoms with E-state index in [1.54, 1.807) is 6.33 Å². The number of hydrogen-bond donors (Lipinski definition) is 0. The molecule has 0 radical (unpaired) electrons. The van der Waals surface area contributed by atoms with Crippen molar-refractivity contribution in [1.29, 1.82) is 0 Å². The first-order valence-corrected chi connectivity index (χ1v) is 7.63. The predicted octanol–water partition coefficient (Wildman–Crippen LogP) is 3.16. The average Bonchev–Trinajstić information content (AvgIpc) is 3.17. The van der Waals surface area contributed by atoms with Gasteiger partial charge in [0.05, 0.1) is 5.41 Å². The van der Waals surface area contributed by atoms with Gasteiger partial charge in [0, 0.05) is 18.7 Å². The quantitative estimate of drug-likeness (QED) is 0.818. The van der Waals surface area contributed by atoms with Crippen molar-refractivity contribution < 1.29 is 4.39 Å². The fourth-order valence-electron chi connectivity index (χ4n) is 3.34. The van der Waals surface area contributed by atoms with Crippen LogP contribution in [0.25, 0.3) is 0 Å². The minimum atomic E-state index is -0.794. The Morgan fingerprint density at radius 1 is 1.33 bits per heavy atom. The number of aryl methyl sites for hydroxylation is 1. The molecule has 2 saturated carbocycles. The minimum absolute atomic E-state index is 0.416. The molecule has 6 heteroatoms. The first kappa shape index (κ1) is 13.2. The Labute approximate surface area is 127 Å². The van der Waals surface area contributed by atoms with Crippen LogP contribution in [0.2, 0.25) is 5.15 Å². The zero-order valence-corrected chi connectivity index (χ0v) is 12.5. The van der Waals surface area contributed by atoms with Gasteiger partial charge >= 0.3 is 0 Å². The van der Waals surface area contributed by atoms with Gasteiger partial charge in [0.15, 0.2) is 0 Å². The summed E-state index contributed by atoms with van der Waals surface area (Å²) in [6.07, 6.45) is 4.06. The van der Waals surface area contributed by atoms with Crippen LogP contribution in [-0.4, -0.2) is 25.9 Å². The monoisotopic (exact) mass is 306 g/mol. The summed E-state index contributed by atoms with van der Waals surface area (Å²) >= 11 is 6.20. The second-order valence-electron chi connectivity index (χ2n) is 6.23. The van der Waals surface area contributed by atoms with Crippen LogP contribution in [-0.2, 0) is 12.5 Å². The van der Waals surface area contributed by atoms with Crippen molar-refractivity contribution in [3.05, 3.63) is 40.7 Å². The standard InChI is InChI=1S/C15H16ClFN4/c1-21-8-18-20-14(21)15(6-11(17)7-15)10-4-12(9-2-3-9)19-13(16)5-10/h4-5,8-9,11H,2-3,6-7H2,1H3. The maximum Gasteiger partial charge on any atom is 0.143 e. The molecular weight excluding hydrogens is 291 g/mol. The zero-order chi connectivity index (χ0) is 14.6. The average molecular weight is 307 g/mol. The third-order valence-corrected chi connectivity index (χ3v) is 4.84. The molecule has 0 aromatic carbocycles. The van der Waals surface area contributed by atoms with Crippen molar-refractivity contribution >= 4 is 11.6 Å². The predicted molar refractivity (Wildman–Crippen MR) is 77.1 cm³/mol. The Balaban J connectivity index is 1.83. The van der Waals surface area contributed by atoms with Gasteiger partial charge in [-0.25, -0.2) is 9.37 Å². The van der Waals surface area contributed by atoms with Crippen LogP contribution in [0.5, 0.6) is 0 Å². The molecule has 0 atom stereocenters. The Kier molecular flexibility index (Phi) is 2.83. The van der Waals surface area contributed by atoms with E-state index in [1.807, 2.05) is 17.7 Å². The lowest BCUT2D eigenvalue weighted by molar-refractivity contribution is 0.114. The number of pyridine rings is 1. The highest BCUT2D eigenvalue weighted by Gasteiger charge is 2.51. The van der Waals surface area contributed by atoms with E-state index in [2.05, 4.69) is 21.2 Å². The lowest BCUT2D eigenvalue weighted by Gasteiger charge is -2.43. The highest BCUT2D eigenvalue weighted by atomic mass is 35.5. The van der Waals surface area contributed by atoms with E-state index in [-0.39, 0.29) is 0 Å². The first-order valence-electron chi connectivity index (χ1n) is 7.25. The summed E-state index contributed by atoms with van der Waals surface area (Å²) < 4.78 is 15.6. The molecule has 0 amide bonds. The van der Waals surface area contributed by atoms with Gasteiger partial charge in [0.1, 0.15) is 23.5 Å². The van der Waals surface area contributed by atoms with Crippen LogP contribution in [0.15, 0.2) is 18.5 Å². The van der Waals surface area contributed by atoms with Crippen LogP contribution in [0.3, 0.4) is 0 Å². The molecule has 0 bridgehead atoms. The van der Waals surface area contributed by atoms with Crippen molar-refractivity contribution in [3.8, 4) is 0 Å². The topological polar surface area (TPSA) is 43.6 Å². The summed E-state index contributed by atoms with van der Waals surface area (Å²) in [4.78, 5) is 4.42. The van der Waals surface area contributed by atoms with Crippen LogP contribution >= 0.6 is 11.6 Å². The maximum absolute atomic E-state index is 13.7. The van der Waals surface area contributed by atoms with Crippen LogP contribution < -0.4 is 0 Å². The lowest BCUT2D eigenvalue weighted by Crippen LogP contribution is -2.45. The van der Waals surface area contributed by atoms with Gasteiger partial charge in [-0.15, -0.1) is 10.2 Å². The minimum Gasteiger partial charge on any atom is -0.320 e. The molecule has 0 saturated heterocycles. The van der Waals surface area contributed by atoms with Gasteiger partial charge in [0.25, 0.3) is 0 Å². The van der Waals surface area contributed by atoms with Crippen LogP contribution in [0, 0.1) is 0 Å². The fourth-order valence-corrected chi connectivity index (χ4v) is 3.56. The van der Waals surface area contributed by atoms with Gasteiger partial charge in [-0.2, -0.15) is 0 Å². The molecule has 110 valence electrons. The van der Waals surface area contributed by atoms with E-state index in [9.17, 15) is 4.39 Å². The normalized spacial score (nSPS) is 28.4.